The second-order valence-electron chi connectivity index (χ2n) is 13.4. The molecule has 5 bridgehead atoms. The van der Waals surface area contributed by atoms with Crippen LogP contribution in [-0.4, -0.2) is 69.1 Å². The van der Waals surface area contributed by atoms with Gasteiger partial charge in [0.1, 0.15) is 11.6 Å². The van der Waals surface area contributed by atoms with Crippen LogP contribution in [0.5, 0.6) is 0 Å². The van der Waals surface area contributed by atoms with Crippen LogP contribution >= 0.6 is 0 Å². The quantitative estimate of drug-likeness (QED) is 0.355. The van der Waals surface area contributed by atoms with Crippen LogP contribution in [0.25, 0.3) is 17.0 Å². The third-order valence-corrected chi connectivity index (χ3v) is 9.41. The molecule has 4 atom stereocenters. The Morgan fingerprint density at radius 2 is 1.71 bits per heavy atom. The number of nitrogens with zero attached hydrogens (tertiary/aromatic N) is 2. The molecule has 11 heteroatoms. The summed E-state index contributed by atoms with van der Waals surface area (Å²) in [6.45, 7) is 9.14. The molecule has 1 aromatic heterocycles. The van der Waals surface area contributed by atoms with Gasteiger partial charge in [-0.1, -0.05) is 44.2 Å². The number of ether oxygens (including phenoxy) is 1. The Balaban J connectivity index is 1.55. The number of pyridine rings is 1. The van der Waals surface area contributed by atoms with Crippen LogP contribution in [0.3, 0.4) is 0 Å². The number of benzene rings is 1. The predicted octanol–water partition coefficient (Wildman–Crippen LogP) is 3.32. The zero-order chi connectivity index (χ0) is 32.5. The van der Waals surface area contributed by atoms with Crippen molar-refractivity contribution in [2.45, 2.75) is 103 Å². The largest absolute Gasteiger partial charge is 0.451 e. The summed E-state index contributed by atoms with van der Waals surface area (Å²) in [5.41, 5.74) is 3.28. The normalized spacial score (nSPS) is 32.7. The van der Waals surface area contributed by atoms with E-state index in [1.807, 2.05) is 49.4 Å². The van der Waals surface area contributed by atoms with Gasteiger partial charge in [-0.2, -0.15) is 0 Å². The Bertz CT molecular complexity index is 1500. The first-order chi connectivity index (χ1) is 21.3. The fraction of sp³-hybridized carbons (Fsp3) is 0.559. The van der Waals surface area contributed by atoms with Crippen molar-refractivity contribution in [2.24, 2.45) is 11.3 Å². The van der Waals surface area contributed by atoms with Crippen molar-refractivity contribution in [3.63, 3.8) is 0 Å². The summed E-state index contributed by atoms with van der Waals surface area (Å²) in [6.07, 6.45) is 4.77. The maximum absolute atomic E-state index is 13.9. The monoisotopic (exact) mass is 619 g/mol. The van der Waals surface area contributed by atoms with Gasteiger partial charge in [0.25, 0.3) is 11.8 Å². The van der Waals surface area contributed by atoms with Gasteiger partial charge in [-0.3, -0.25) is 29.2 Å². The van der Waals surface area contributed by atoms with Crippen molar-refractivity contribution in [1.82, 2.24) is 26.1 Å². The van der Waals surface area contributed by atoms with Crippen LogP contribution in [0.15, 0.2) is 36.4 Å². The number of amides is 3. The van der Waals surface area contributed by atoms with E-state index in [0.29, 0.717) is 50.8 Å². The average Bonchev–Trinajstić information content (AvgIpc) is 3.01. The number of hydrogen-bond donors (Lipinski definition) is 4. The van der Waals surface area contributed by atoms with Gasteiger partial charge in [0.15, 0.2) is 6.10 Å². The van der Waals surface area contributed by atoms with Crippen LogP contribution in [0, 0.1) is 11.3 Å². The van der Waals surface area contributed by atoms with E-state index in [-0.39, 0.29) is 11.8 Å². The molecule has 5 rings (SSSR count). The van der Waals surface area contributed by atoms with Gasteiger partial charge >= 0.3 is 5.97 Å². The summed E-state index contributed by atoms with van der Waals surface area (Å²) in [6, 6.07) is 8.34. The van der Waals surface area contributed by atoms with Gasteiger partial charge in [0, 0.05) is 11.9 Å². The van der Waals surface area contributed by atoms with E-state index in [4.69, 9.17) is 9.72 Å². The van der Waals surface area contributed by atoms with Gasteiger partial charge < -0.3 is 20.5 Å². The van der Waals surface area contributed by atoms with E-state index < -0.39 is 53.0 Å². The second kappa shape index (κ2) is 12.9. The van der Waals surface area contributed by atoms with Crippen molar-refractivity contribution in [3.05, 3.63) is 47.7 Å². The summed E-state index contributed by atoms with van der Waals surface area (Å²) in [7, 11) is 0. The number of nitrogens with one attached hydrogen (secondary N) is 3. The number of carbonyl (C=O) groups excluding carboxylic acids is 4. The molecule has 45 heavy (non-hydrogen) atoms. The van der Waals surface area contributed by atoms with E-state index >= 15 is 0 Å². The van der Waals surface area contributed by atoms with Crippen molar-refractivity contribution in [2.75, 3.05) is 6.54 Å². The summed E-state index contributed by atoms with van der Waals surface area (Å²) < 4.78 is 5.95. The van der Waals surface area contributed by atoms with E-state index in [2.05, 4.69) is 16.1 Å². The number of carbonyl (C=O) groups is 4. The molecule has 1 saturated heterocycles. The number of rotatable bonds is 1. The molecule has 2 aromatic rings. The van der Waals surface area contributed by atoms with Gasteiger partial charge in [-0.25, -0.2) is 5.43 Å². The Labute approximate surface area is 264 Å². The Morgan fingerprint density at radius 1 is 1.00 bits per heavy atom. The lowest BCUT2D eigenvalue weighted by Gasteiger charge is -2.41. The van der Waals surface area contributed by atoms with Gasteiger partial charge in [0.05, 0.1) is 28.8 Å². The van der Waals surface area contributed by atoms with Gasteiger partial charge in [-0.05, 0) is 82.9 Å². The van der Waals surface area contributed by atoms with E-state index in [1.165, 1.54) is 5.01 Å². The van der Waals surface area contributed by atoms with E-state index in [1.54, 1.807) is 27.7 Å². The number of aliphatic hydroxyl groups is 1. The summed E-state index contributed by atoms with van der Waals surface area (Å²) in [5, 5.41) is 18.4. The molecule has 1 aliphatic carbocycles. The maximum atomic E-state index is 13.9. The molecule has 1 aromatic carbocycles. The molecule has 0 radical (unpaired) electrons. The maximum Gasteiger partial charge on any atom is 0.316 e. The van der Waals surface area contributed by atoms with Crippen LogP contribution < -0.4 is 16.1 Å². The highest BCUT2D eigenvalue weighted by atomic mass is 16.5. The third-order valence-electron chi connectivity index (χ3n) is 9.41. The third kappa shape index (κ3) is 6.89. The van der Waals surface area contributed by atoms with Crippen LogP contribution in [0.2, 0.25) is 0 Å². The van der Waals surface area contributed by atoms with Crippen LogP contribution in [-0.2, 0) is 23.9 Å². The summed E-state index contributed by atoms with van der Waals surface area (Å²) >= 11 is 0. The molecule has 242 valence electrons. The fourth-order valence-electron chi connectivity index (χ4n) is 6.38. The zero-order valence-corrected chi connectivity index (χ0v) is 26.8. The highest BCUT2D eigenvalue weighted by Crippen LogP contribution is 2.40. The SMILES string of the molecule is CC(C)[C@@H]1OC(=O)C2(/C=C/c3ccc4ccc(nc4c3)[C@@H](C)NC(=O)[C@]3(C)CCCN(N3)C(=O)[C@H](C)NC1=O)CCC(O)CC2. The molecule has 2 aliphatic heterocycles. The summed E-state index contributed by atoms with van der Waals surface area (Å²) in [4.78, 5) is 59.3. The van der Waals surface area contributed by atoms with E-state index in [9.17, 15) is 24.3 Å². The molecule has 3 heterocycles. The molecule has 4 N–H and O–H groups in total. The summed E-state index contributed by atoms with van der Waals surface area (Å²) in [5.74, 6) is -2.12. The Morgan fingerprint density at radius 3 is 2.42 bits per heavy atom. The standard InChI is InChI=1S/C34H45N5O6/c1-20(2)28-29(41)35-22(4)30(42)39-18-6-14-33(5,38-39)31(43)36-21(3)26-10-9-24-8-7-23(19-27(24)37-26)11-15-34(32(44)45-28)16-12-25(40)13-17-34/h7-11,15,19-22,25,28,38,40H,6,12-14,16-18H2,1-5H3,(H,35,41)(H,36,43)/b15-11+/t21-,22+,25?,28+,33+,34?/m1/s1. The fourth-order valence-corrected chi connectivity index (χ4v) is 6.38. The molecular weight excluding hydrogens is 574 g/mol. The highest BCUT2D eigenvalue weighted by Gasteiger charge is 2.44. The number of esters is 1. The average molecular weight is 620 g/mol. The van der Waals surface area contributed by atoms with Crippen molar-refractivity contribution in [3.8, 4) is 0 Å². The number of aromatic nitrogens is 1. The first kappa shape index (κ1) is 32.6. The highest BCUT2D eigenvalue weighted by molar-refractivity contribution is 5.92. The Hall–Kier alpha value is -3.83. The van der Waals surface area contributed by atoms with Crippen molar-refractivity contribution < 1.29 is 29.0 Å². The minimum atomic E-state index is -1.13. The topological polar surface area (TPSA) is 150 Å². The van der Waals surface area contributed by atoms with Crippen molar-refractivity contribution in [1.29, 1.82) is 0 Å². The lowest BCUT2D eigenvalue weighted by atomic mass is 9.72. The first-order valence-corrected chi connectivity index (χ1v) is 16.0. The lowest BCUT2D eigenvalue weighted by molar-refractivity contribution is -0.168. The van der Waals surface area contributed by atoms with Crippen molar-refractivity contribution >= 4 is 40.7 Å². The molecule has 2 fully saturated rings. The minimum absolute atomic E-state index is 0.261. The zero-order valence-electron chi connectivity index (χ0n) is 26.8. The smallest absolute Gasteiger partial charge is 0.316 e. The number of aliphatic hydroxyl groups excluding tert-OH is 1. The number of cyclic esters (lactones) is 1. The number of hydrazine groups is 1. The molecule has 3 amide bonds. The molecular formula is C34H45N5O6. The first-order valence-electron chi connectivity index (χ1n) is 16.0. The Kier molecular flexibility index (Phi) is 9.32. The number of hydrogen-bond acceptors (Lipinski definition) is 8. The molecule has 3 aliphatic rings. The molecule has 1 spiro atoms. The molecule has 1 saturated carbocycles. The predicted molar refractivity (Wildman–Crippen MR) is 169 cm³/mol. The van der Waals surface area contributed by atoms with Gasteiger partial charge in [-0.15, -0.1) is 0 Å². The minimum Gasteiger partial charge on any atom is -0.451 e. The number of fused-ring (bicyclic) bond motifs is 4. The van der Waals surface area contributed by atoms with E-state index in [0.717, 1.165) is 16.5 Å². The second-order valence-corrected chi connectivity index (χ2v) is 13.4. The molecule has 0 unspecified atom stereocenters. The molecule has 11 nitrogen and oxygen atoms in total. The van der Waals surface area contributed by atoms with Gasteiger partial charge in [0.2, 0.25) is 5.91 Å². The van der Waals surface area contributed by atoms with Crippen LogP contribution in [0.1, 0.15) is 90.4 Å². The lowest BCUT2D eigenvalue weighted by Crippen LogP contribution is -2.67. The van der Waals surface area contributed by atoms with Crippen LogP contribution in [0.4, 0.5) is 0 Å².